The van der Waals surface area contributed by atoms with Gasteiger partial charge >= 0.3 is 0 Å². The molecule has 0 aliphatic carbocycles. The largest absolute Gasteiger partial charge is 0.368 e. The van der Waals surface area contributed by atoms with E-state index in [4.69, 9.17) is 5.73 Å². The Morgan fingerprint density at radius 1 is 1.05 bits per heavy atom. The minimum atomic E-state index is -0.768. The van der Waals surface area contributed by atoms with Crippen molar-refractivity contribution in [2.75, 3.05) is 0 Å². The maximum absolute atomic E-state index is 12.2. The van der Waals surface area contributed by atoms with Crippen molar-refractivity contribution in [2.24, 2.45) is 11.7 Å². The number of hydrogen-bond donors (Lipinski definition) is 3. The average Bonchev–Trinajstić information content (AvgIpc) is 2.31. The van der Waals surface area contributed by atoms with Crippen molar-refractivity contribution in [3.63, 3.8) is 0 Å². The fourth-order valence-corrected chi connectivity index (χ4v) is 1.82. The van der Waals surface area contributed by atoms with Crippen LogP contribution in [0.2, 0.25) is 0 Å². The van der Waals surface area contributed by atoms with Crippen LogP contribution in [-0.2, 0) is 14.4 Å². The lowest BCUT2D eigenvalue weighted by Gasteiger charge is -2.22. The number of carbonyl (C=O) groups excluding carboxylic acids is 3. The molecule has 0 rings (SSSR count). The Bertz CT molecular complexity index is 412. The van der Waals surface area contributed by atoms with Crippen LogP contribution in [0.5, 0.6) is 0 Å². The molecule has 3 amide bonds. The Kier molecular flexibility index (Phi) is 8.35. The zero-order chi connectivity index (χ0) is 16.6. The average molecular weight is 297 g/mol. The summed E-state index contributed by atoms with van der Waals surface area (Å²) < 4.78 is 0. The second-order valence-electron chi connectivity index (χ2n) is 5.86. The number of primary amides is 1. The van der Waals surface area contributed by atoms with Gasteiger partial charge in [-0.25, -0.2) is 0 Å². The summed E-state index contributed by atoms with van der Waals surface area (Å²) in [6, 6.07) is -1.42. The molecule has 0 heterocycles. The molecular formula is C15H27N3O3. The Balaban J connectivity index is 4.85. The molecule has 0 aliphatic heterocycles. The predicted molar refractivity (Wildman–Crippen MR) is 82.2 cm³/mol. The second kappa shape index (κ2) is 9.15. The van der Waals surface area contributed by atoms with Crippen LogP contribution in [0.25, 0.3) is 0 Å². The zero-order valence-corrected chi connectivity index (χ0v) is 13.5. The molecule has 0 spiro atoms. The van der Waals surface area contributed by atoms with E-state index in [1.165, 1.54) is 6.92 Å². The number of amides is 3. The molecule has 120 valence electrons. The maximum atomic E-state index is 12.2. The molecule has 0 fully saturated rings. The highest BCUT2D eigenvalue weighted by Crippen LogP contribution is 2.06. The monoisotopic (exact) mass is 297 g/mol. The van der Waals surface area contributed by atoms with Gasteiger partial charge < -0.3 is 16.4 Å². The summed E-state index contributed by atoms with van der Waals surface area (Å²) in [5.74, 6) is -1.02. The molecule has 0 unspecified atom stereocenters. The second-order valence-corrected chi connectivity index (χ2v) is 5.86. The molecule has 0 radical (unpaired) electrons. The van der Waals surface area contributed by atoms with Crippen LogP contribution >= 0.6 is 0 Å². The SMILES string of the molecule is CC(=O)N[C@@H](CC(C)C)C(=O)N[C@@H](CC=C(C)C)C(N)=O. The van der Waals surface area contributed by atoms with Gasteiger partial charge in [0, 0.05) is 6.92 Å². The normalized spacial score (nSPS) is 13.2. The molecule has 6 nitrogen and oxygen atoms in total. The van der Waals surface area contributed by atoms with E-state index >= 15 is 0 Å². The lowest BCUT2D eigenvalue weighted by molar-refractivity contribution is -0.131. The smallest absolute Gasteiger partial charge is 0.243 e. The third kappa shape index (κ3) is 8.83. The fraction of sp³-hybridized carbons (Fsp3) is 0.667. The van der Waals surface area contributed by atoms with Crippen LogP contribution in [0.15, 0.2) is 11.6 Å². The van der Waals surface area contributed by atoms with Crippen molar-refractivity contribution in [2.45, 2.75) is 59.5 Å². The highest BCUT2D eigenvalue weighted by atomic mass is 16.2. The van der Waals surface area contributed by atoms with Gasteiger partial charge in [0.15, 0.2) is 0 Å². The fourth-order valence-electron chi connectivity index (χ4n) is 1.82. The third-order valence-corrected chi connectivity index (χ3v) is 2.82. The van der Waals surface area contributed by atoms with E-state index in [9.17, 15) is 14.4 Å². The number of nitrogens with one attached hydrogen (secondary N) is 2. The van der Waals surface area contributed by atoms with Crippen LogP contribution in [0.4, 0.5) is 0 Å². The lowest BCUT2D eigenvalue weighted by Crippen LogP contribution is -2.52. The summed E-state index contributed by atoms with van der Waals surface area (Å²) in [4.78, 5) is 34.8. The molecule has 0 aromatic rings. The summed E-state index contributed by atoms with van der Waals surface area (Å²) in [5, 5.41) is 5.21. The standard InChI is InChI=1S/C15H27N3O3/c1-9(2)6-7-12(14(16)20)18-15(21)13(8-10(3)4)17-11(5)19/h6,10,12-13H,7-8H2,1-5H3,(H2,16,20)(H,17,19)(H,18,21)/t12-,13-/m0/s1. The van der Waals surface area contributed by atoms with E-state index in [0.29, 0.717) is 12.8 Å². The van der Waals surface area contributed by atoms with Gasteiger partial charge in [-0.2, -0.15) is 0 Å². The first kappa shape index (κ1) is 19.1. The molecular weight excluding hydrogens is 270 g/mol. The quantitative estimate of drug-likeness (QED) is 0.579. The van der Waals surface area contributed by atoms with Gasteiger partial charge in [-0.15, -0.1) is 0 Å². The Hall–Kier alpha value is -1.85. The van der Waals surface area contributed by atoms with Crippen LogP contribution in [-0.4, -0.2) is 29.8 Å². The molecule has 0 aromatic carbocycles. The predicted octanol–water partition coefficient (Wildman–Crippen LogP) is 0.864. The summed E-state index contributed by atoms with van der Waals surface area (Å²) in [7, 11) is 0. The van der Waals surface area contributed by atoms with Crippen LogP contribution < -0.4 is 16.4 Å². The van der Waals surface area contributed by atoms with Gasteiger partial charge in [0.05, 0.1) is 0 Å². The van der Waals surface area contributed by atoms with E-state index in [1.807, 2.05) is 33.8 Å². The van der Waals surface area contributed by atoms with Gasteiger partial charge in [-0.05, 0) is 32.6 Å². The number of carbonyl (C=O) groups is 3. The summed E-state index contributed by atoms with van der Waals surface area (Å²) in [6.45, 7) is 9.07. The van der Waals surface area contributed by atoms with Crippen molar-refractivity contribution in [3.8, 4) is 0 Å². The third-order valence-electron chi connectivity index (χ3n) is 2.82. The van der Waals surface area contributed by atoms with Gasteiger partial charge in [-0.1, -0.05) is 25.5 Å². The number of hydrogen-bond acceptors (Lipinski definition) is 3. The van der Waals surface area contributed by atoms with E-state index < -0.39 is 18.0 Å². The molecule has 0 aliphatic rings. The van der Waals surface area contributed by atoms with Gasteiger partial charge in [-0.3, -0.25) is 14.4 Å². The van der Waals surface area contributed by atoms with E-state index in [-0.39, 0.29) is 17.7 Å². The Morgan fingerprint density at radius 2 is 1.62 bits per heavy atom. The maximum Gasteiger partial charge on any atom is 0.243 e. The Morgan fingerprint density at radius 3 is 2.00 bits per heavy atom. The molecule has 2 atom stereocenters. The van der Waals surface area contributed by atoms with Crippen LogP contribution in [0, 0.1) is 5.92 Å². The molecule has 0 saturated heterocycles. The minimum absolute atomic E-state index is 0.234. The highest BCUT2D eigenvalue weighted by Gasteiger charge is 2.24. The summed E-state index contributed by atoms with van der Waals surface area (Å²) in [6.07, 6.45) is 2.68. The van der Waals surface area contributed by atoms with Gasteiger partial charge in [0.25, 0.3) is 0 Å². The van der Waals surface area contributed by atoms with Gasteiger partial charge in [0.2, 0.25) is 17.7 Å². The van der Waals surface area contributed by atoms with E-state index in [1.54, 1.807) is 0 Å². The minimum Gasteiger partial charge on any atom is -0.368 e. The van der Waals surface area contributed by atoms with Crippen LogP contribution in [0.1, 0.15) is 47.5 Å². The molecule has 0 aromatic heterocycles. The molecule has 6 heteroatoms. The number of rotatable bonds is 8. The summed E-state index contributed by atoms with van der Waals surface area (Å²) >= 11 is 0. The Labute approximate surface area is 126 Å². The molecule has 0 saturated carbocycles. The molecule has 4 N–H and O–H groups in total. The number of nitrogens with two attached hydrogens (primary N) is 1. The first-order valence-electron chi connectivity index (χ1n) is 7.13. The van der Waals surface area contributed by atoms with Crippen LogP contribution in [0.3, 0.4) is 0 Å². The molecule has 0 bridgehead atoms. The topological polar surface area (TPSA) is 101 Å². The van der Waals surface area contributed by atoms with Crippen molar-refractivity contribution >= 4 is 17.7 Å². The van der Waals surface area contributed by atoms with E-state index in [0.717, 1.165) is 5.57 Å². The van der Waals surface area contributed by atoms with E-state index in [2.05, 4.69) is 10.6 Å². The first-order chi connectivity index (χ1) is 9.63. The lowest BCUT2D eigenvalue weighted by atomic mass is 10.0. The van der Waals surface area contributed by atoms with Crippen molar-refractivity contribution < 1.29 is 14.4 Å². The summed E-state index contributed by atoms with van der Waals surface area (Å²) in [5.41, 5.74) is 6.34. The van der Waals surface area contributed by atoms with Crippen molar-refractivity contribution in [1.29, 1.82) is 0 Å². The van der Waals surface area contributed by atoms with Crippen molar-refractivity contribution in [3.05, 3.63) is 11.6 Å². The zero-order valence-electron chi connectivity index (χ0n) is 13.5. The van der Waals surface area contributed by atoms with Gasteiger partial charge in [0.1, 0.15) is 12.1 Å². The first-order valence-corrected chi connectivity index (χ1v) is 7.13. The molecule has 21 heavy (non-hydrogen) atoms. The highest BCUT2D eigenvalue weighted by molar-refractivity contribution is 5.91. The number of allylic oxidation sites excluding steroid dienone is 1. The van der Waals surface area contributed by atoms with Crippen molar-refractivity contribution in [1.82, 2.24) is 10.6 Å².